The number of carbonyl (C=O) groups is 1. The first-order chi connectivity index (χ1) is 7.99. The highest BCUT2D eigenvalue weighted by molar-refractivity contribution is 5.80. The van der Waals surface area contributed by atoms with Gasteiger partial charge in [0.15, 0.2) is 0 Å². The van der Waals surface area contributed by atoms with Crippen LogP contribution in [0.4, 0.5) is 13.2 Å². The van der Waals surface area contributed by atoms with Crippen molar-refractivity contribution in [3.63, 3.8) is 0 Å². The van der Waals surface area contributed by atoms with Crippen LogP contribution in [0, 0.1) is 0 Å². The lowest BCUT2D eigenvalue weighted by Gasteiger charge is -2.22. The van der Waals surface area contributed by atoms with E-state index >= 15 is 0 Å². The molecule has 0 spiro atoms. The molecule has 0 saturated carbocycles. The average molecular weight is 264 g/mol. The molecule has 18 heavy (non-hydrogen) atoms. The number of hydrogen-bond donors (Lipinski definition) is 1. The van der Waals surface area contributed by atoms with Crippen LogP contribution in [0.1, 0.15) is 45.0 Å². The Labute approximate surface area is 102 Å². The summed E-state index contributed by atoms with van der Waals surface area (Å²) in [5.74, 6) is -1.32. The summed E-state index contributed by atoms with van der Waals surface area (Å²) in [4.78, 5) is 11.1. The zero-order valence-corrected chi connectivity index (χ0v) is 10.5. The van der Waals surface area contributed by atoms with Gasteiger partial charge >= 0.3 is 12.1 Å². The second-order valence-electron chi connectivity index (χ2n) is 4.87. The van der Waals surface area contributed by atoms with Crippen molar-refractivity contribution in [2.24, 2.45) is 0 Å². The fourth-order valence-electron chi connectivity index (χ4n) is 1.61. The molecule has 0 aliphatic carbocycles. The van der Waals surface area contributed by atoms with Crippen molar-refractivity contribution in [1.29, 1.82) is 0 Å². The molecule has 0 saturated heterocycles. The Morgan fingerprint density at radius 2 is 1.89 bits per heavy atom. The van der Waals surface area contributed by atoms with Crippen molar-refractivity contribution in [3.05, 3.63) is 17.5 Å². The van der Waals surface area contributed by atoms with Gasteiger partial charge in [-0.2, -0.15) is 18.3 Å². The number of alkyl halides is 3. The van der Waals surface area contributed by atoms with Gasteiger partial charge in [0.05, 0.1) is 11.6 Å². The maximum absolute atomic E-state index is 13.0. The Morgan fingerprint density at radius 1 is 1.39 bits per heavy atom. The second kappa shape index (κ2) is 4.29. The minimum absolute atomic E-state index is 0.323. The number of hydrogen-bond acceptors (Lipinski definition) is 2. The van der Waals surface area contributed by atoms with Gasteiger partial charge in [-0.05, 0) is 27.7 Å². The lowest BCUT2D eigenvalue weighted by molar-refractivity contribution is -0.148. The fraction of sp³-hybridized carbons (Fsp3) is 0.636. The molecule has 0 unspecified atom stereocenters. The maximum Gasteiger partial charge on any atom is 0.433 e. The van der Waals surface area contributed by atoms with E-state index < -0.39 is 29.3 Å². The quantitative estimate of drug-likeness (QED) is 0.913. The third-order valence-corrected chi connectivity index (χ3v) is 2.76. The summed E-state index contributed by atoms with van der Waals surface area (Å²) >= 11 is 0. The third-order valence-electron chi connectivity index (χ3n) is 2.76. The molecule has 1 aromatic heterocycles. The Balaban J connectivity index is 3.53. The molecule has 4 nitrogen and oxygen atoms in total. The highest BCUT2D eigenvalue weighted by Gasteiger charge is 2.45. The van der Waals surface area contributed by atoms with E-state index in [0.29, 0.717) is 0 Å². The first kappa shape index (κ1) is 14.5. The normalized spacial score (nSPS) is 13.1. The topological polar surface area (TPSA) is 55.1 Å². The summed E-state index contributed by atoms with van der Waals surface area (Å²) in [6.45, 7) is 5.57. The van der Waals surface area contributed by atoms with E-state index in [-0.39, 0.29) is 5.56 Å². The van der Waals surface area contributed by atoms with Crippen molar-refractivity contribution in [2.75, 3.05) is 0 Å². The van der Waals surface area contributed by atoms with Crippen LogP contribution in [0.25, 0.3) is 0 Å². The largest absolute Gasteiger partial charge is 0.481 e. The summed E-state index contributed by atoms with van der Waals surface area (Å²) in [7, 11) is 0. The van der Waals surface area contributed by atoms with E-state index in [0.717, 1.165) is 10.9 Å². The molecule has 1 N–H and O–H groups in total. The Bertz CT molecular complexity index is 461. The van der Waals surface area contributed by atoms with Gasteiger partial charge in [0.2, 0.25) is 0 Å². The first-order valence-corrected chi connectivity index (χ1v) is 5.38. The number of carboxylic acids is 1. The molecule has 102 valence electrons. The molecule has 1 heterocycles. The Hall–Kier alpha value is -1.53. The zero-order valence-electron chi connectivity index (χ0n) is 10.5. The van der Waals surface area contributed by atoms with Crippen LogP contribution in [0.2, 0.25) is 0 Å². The number of aliphatic carboxylic acids is 1. The predicted molar refractivity (Wildman–Crippen MR) is 58.3 cm³/mol. The molecular formula is C11H15F3N2O2. The lowest BCUT2D eigenvalue weighted by atomic mass is 9.85. The van der Waals surface area contributed by atoms with Crippen molar-refractivity contribution in [1.82, 2.24) is 9.78 Å². The van der Waals surface area contributed by atoms with E-state index in [2.05, 4.69) is 5.10 Å². The van der Waals surface area contributed by atoms with Crippen LogP contribution in [-0.2, 0) is 16.4 Å². The first-order valence-electron chi connectivity index (χ1n) is 5.38. The van der Waals surface area contributed by atoms with Crippen LogP contribution in [0.5, 0.6) is 0 Å². The van der Waals surface area contributed by atoms with E-state index in [1.165, 1.54) is 13.8 Å². The van der Waals surface area contributed by atoms with Crippen molar-refractivity contribution in [3.8, 4) is 0 Å². The van der Waals surface area contributed by atoms with E-state index in [1.54, 1.807) is 13.8 Å². The molecule has 0 aliphatic heterocycles. The van der Waals surface area contributed by atoms with Gasteiger partial charge < -0.3 is 5.11 Å². The summed E-state index contributed by atoms with van der Waals surface area (Å²) in [6, 6.07) is -0.500. The number of aromatic nitrogens is 2. The summed E-state index contributed by atoms with van der Waals surface area (Å²) in [6.07, 6.45) is -3.65. The number of nitrogens with zero attached hydrogens (tertiary/aromatic N) is 2. The molecule has 0 atom stereocenters. The molecule has 0 fully saturated rings. The lowest BCUT2D eigenvalue weighted by Crippen LogP contribution is -2.31. The number of halogens is 3. The van der Waals surface area contributed by atoms with Gasteiger partial charge in [-0.3, -0.25) is 9.48 Å². The van der Waals surface area contributed by atoms with Crippen LogP contribution >= 0.6 is 0 Å². The molecule has 7 heteroatoms. The van der Waals surface area contributed by atoms with Crippen LogP contribution in [0.3, 0.4) is 0 Å². The van der Waals surface area contributed by atoms with E-state index in [4.69, 9.17) is 5.11 Å². The molecule has 0 radical (unpaired) electrons. The van der Waals surface area contributed by atoms with Gasteiger partial charge in [-0.15, -0.1) is 0 Å². The molecule has 0 aromatic carbocycles. The zero-order chi connectivity index (χ0) is 14.3. The molecular weight excluding hydrogens is 249 g/mol. The standard InChI is InChI=1S/C11H15F3N2O2/c1-6(2)16-8(11(12,13)14)7(5-15-16)10(3,4)9(17)18/h5-6H,1-4H3,(H,17,18). The third kappa shape index (κ3) is 2.34. The Morgan fingerprint density at radius 3 is 2.22 bits per heavy atom. The van der Waals surface area contributed by atoms with Crippen LogP contribution < -0.4 is 0 Å². The van der Waals surface area contributed by atoms with Gasteiger partial charge in [0.25, 0.3) is 0 Å². The average Bonchev–Trinajstić information content (AvgIpc) is 2.60. The highest BCUT2D eigenvalue weighted by Crippen LogP contribution is 2.38. The van der Waals surface area contributed by atoms with Gasteiger partial charge in [0, 0.05) is 11.6 Å². The van der Waals surface area contributed by atoms with Crippen molar-refractivity contribution in [2.45, 2.75) is 45.3 Å². The summed E-state index contributed by atoms with van der Waals surface area (Å²) < 4.78 is 39.9. The number of carboxylic acid groups (broad SMARTS) is 1. The van der Waals surface area contributed by atoms with Gasteiger partial charge in [-0.1, -0.05) is 0 Å². The second-order valence-corrected chi connectivity index (χ2v) is 4.87. The minimum atomic E-state index is -4.64. The summed E-state index contributed by atoms with van der Waals surface area (Å²) in [5.41, 5.74) is -2.96. The van der Waals surface area contributed by atoms with Gasteiger partial charge in [-0.25, -0.2) is 0 Å². The minimum Gasteiger partial charge on any atom is -0.481 e. The molecule has 0 amide bonds. The van der Waals surface area contributed by atoms with Crippen molar-refractivity contribution >= 4 is 5.97 Å². The summed E-state index contributed by atoms with van der Waals surface area (Å²) in [5, 5.41) is 12.7. The maximum atomic E-state index is 13.0. The van der Waals surface area contributed by atoms with E-state index in [1.807, 2.05) is 0 Å². The van der Waals surface area contributed by atoms with Crippen LogP contribution in [-0.4, -0.2) is 20.9 Å². The monoisotopic (exact) mass is 264 g/mol. The van der Waals surface area contributed by atoms with Gasteiger partial charge in [0.1, 0.15) is 5.69 Å². The Kier molecular flexibility index (Phi) is 3.47. The molecule has 0 aliphatic rings. The smallest absolute Gasteiger partial charge is 0.433 e. The van der Waals surface area contributed by atoms with Crippen LogP contribution in [0.15, 0.2) is 6.20 Å². The van der Waals surface area contributed by atoms with E-state index in [9.17, 15) is 18.0 Å². The fourth-order valence-corrected chi connectivity index (χ4v) is 1.61. The highest BCUT2D eigenvalue weighted by atomic mass is 19.4. The number of rotatable bonds is 3. The molecule has 1 aromatic rings. The SMILES string of the molecule is CC(C)n1ncc(C(C)(C)C(=O)O)c1C(F)(F)F. The predicted octanol–water partition coefficient (Wildman–Crippen LogP) is 2.85. The molecule has 1 rings (SSSR count). The van der Waals surface area contributed by atoms with Crippen molar-refractivity contribution < 1.29 is 23.1 Å². The molecule has 0 bridgehead atoms.